The molecule has 2 aromatic carbocycles. The second-order valence-corrected chi connectivity index (χ2v) is 5.99. The van der Waals surface area contributed by atoms with Crippen LogP contribution in [0.3, 0.4) is 0 Å². The Morgan fingerprint density at radius 3 is 1.94 bits per heavy atom. The van der Waals surface area contributed by atoms with Gasteiger partial charge in [-0.2, -0.15) is 0 Å². The van der Waals surface area contributed by atoms with Gasteiger partial charge in [0.25, 0.3) is 0 Å². The largest absolute Gasteiger partial charge is 0.504 e. The lowest BCUT2D eigenvalue weighted by Gasteiger charge is -2.06. The number of benzene rings is 2. The summed E-state index contributed by atoms with van der Waals surface area (Å²) in [6.07, 6.45) is 0. The lowest BCUT2D eigenvalue weighted by molar-refractivity contribution is 0.402. The monoisotopic (exact) mass is 284 g/mol. The van der Waals surface area contributed by atoms with E-state index in [1.54, 1.807) is 0 Å². The van der Waals surface area contributed by atoms with E-state index in [-0.39, 0.29) is 15.5 Å². The van der Waals surface area contributed by atoms with Gasteiger partial charge >= 0.3 is 0 Å². The third-order valence-electron chi connectivity index (χ3n) is 2.38. The number of halogens is 1. The maximum atomic E-state index is 12.2. The zero-order chi connectivity index (χ0) is 13.3. The van der Waals surface area contributed by atoms with Crippen molar-refractivity contribution < 1.29 is 18.6 Å². The van der Waals surface area contributed by atoms with E-state index < -0.39 is 15.6 Å². The van der Waals surface area contributed by atoms with Crippen molar-refractivity contribution in [1.29, 1.82) is 0 Å². The molecule has 0 aliphatic rings. The third-order valence-corrected chi connectivity index (χ3v) is 4.40. The number of aromatic hydroxyl groups is 2. The molecule has 0 aliphatic carbocycles. The van der Waals surface area contributed by atoms with Crippen molar-refractivity contribution >= 4 is 21.4 Å². The number of hydrogen-bond donors (Lipinski definition) is 2. The number of sulfone groups is 1. The van der Waals surface area contributed by atoms with Gasteiger partial charge < -0.3 is 10.2 Å². The van der Waals surface area contributed by atoms with E-state index in [1.165, 1.54) is 30.3 Å². The van der Waals surface area contributed by atoms with Gasteiger partial charge in [0.2, 0.25) is 9.84 Å². The summed E-state index contributed by atoms with van der Waals surface area (Å²) in [4.78, 5) is -0.0305. The molecular weight excluding hydrogens is 276 g/mol. The molecule has 0 radical (unpaired) electrons. The van der Waals surface area contributed by atoms with Crippen molar-refractivity contribution in [2.45, 2.75) is 9.79 Å². The molecule has 0 atom stereocenters. The quantitative estimate of drug-likeness (QED) is 0.831. The fourth-order valence-corrected chi connectivity index (χ4v) is 2.83. The normalized spacial score (nSPS) is 11.4. The van der Waals surface area contributed by atoms with Gasteiger partial charge in [-0.15, -0.1) is 0 Å². The smallest absolute Gasteiger partial charge is 0.206 e. The van der Waals surface area contributed by atoms with Crippen LogP contribution in [0.1, 0.15) is 0 Å². The summed E-state index contributed by atoms with van der Waals surface area (Å²) in [5, 5.41) is 18.9. The van der Waals surface area contributed by atoms with E-state index in [0.29, 0.717) is 5.02 Å². The van der Waals surface area contributed by atoms with E-state index in [0.717, 1.165) is 12.1 Å². The summed E-state index contributed by atoms with van der Waals surface area (Å²) in [5.41, 5.74) is 0. The molecule has 94 valence electrons. The molecule has 2 rings (SSSR count). The van der Waals surface area contributed by atoms with Crippen LogP contribution in [0, 0.1) is 0 Å². The van der Waals surface area contributed by atoms with Crippen molar-refractivity contribution in [3.8, 4) is 11.5 Å². The number of phenolic OH excluding ortho intramolecular Hbond substituents is 2. The molecule has 0 heterocycles. The molecule has 0 fully saturated rings. The predicted molar refractivity (Wildman–Crippen MR) is 66.7 cm³/mol. The maximum absolute atomic E-state index is 12.2. The number of rotatable bonds is 2. The molecule has 18 heavy (non-hydrogen) atoms. The zero-order valence-electron chi connectivity index (χ0n) is 9.04. The molecule has 6 heteroatoms. The Morgan fingerprint density at radius 1 is 0.833 bits per heavy atom. The van der Waals surface area contributed by atoms with Gasteiger partial charge in [0.05, 0.1) is 9.79 Å². The highest BCUT2D eigenvalue weighted by Gasteiger charge is 2.18. The lowest BCUT2D eigenvalue weighted by atomic mass is 10.3. The highest BCUT2D eigenvalue weighted by atomic mass is 35.5. The molecule has 0 unspecified atom stereocenters. The Bertz CT molecular complexity index is 678. The van der Waals surface area contributed by atoms with Gasteiger partial charge in [-0.1, -0.05) is 11.6 Å². The van der Waals surface area contributed by atoms with Crippen LogP contribution < -0.4 is 0 Å². The van der Waals surface area contributed by atoms with Crippen LogP contribution in [0.2, 0.25) is 5.02 Å². The van der Waals surface area contributed by atoms with Crippen LogP contribution in [-0.4, -0.2) is 18.6 Å². The van der Waals surface area contributed by atoms with E-state index in [1.807, 2.05) is 0 Å². The Kier molecular flexibility index (Phi) is 3.19. The summed E-state index contributed by atoms with van der Waals surface area (Å²) in [5.74, 6) is -0.852. The molecule has 2 N–H and O–H groups in total. The molecule has 0 aromatic heterocycles. The first-order valence-electron chi connectivity index (χ1n) is 4.94. The molecule has 0 saturated carbocycles. The van der Waals surface area contributed by atoms with Crippen molar-refractivity contribution in [2.75, 3.05) is 0 Å². The molecule has 0 saturated heterocycles. The Labute approximate surface area is 109 Å². The molecule has 0 amide bonds. The van der Waals surface area contributed by atoms with Crippen LogP contribution in [-0.2, 0) is 9.84 Å². The van der Waals surface area contributed by atoms with Crippen LogP contribution in [0.5, 0.6) is 11.5 Å². The second-order valence-electron chi connectivity index (χ2n) is 3.61. The van der Waals surface area contributed by atoms with E-state index >= 15 is 0 Å². The minimum absolute atomic E-state index is 0.0667. The van der Waals surface area contributed by atoms with Crippen molar-refractivity contribution in [1.82, 2.24) is 0 Å². The Balaban J connectivity index is 2.54. The van der Waals surface area contributed by atoms with E-state index in [4.69, 9.17) is 16.7 Å². The predicted octanol–water partition coefficient (Wildman–Crippen LogP) is 2.58. The van der Waals surface area contributed by atoms with Crippen molar-refractivity contribution in [3.05, 3.63) is 47.5 Å². The third kappa shape index (κ3) is 2.27. The fourth-order valence-electron chi connectivity index (χ4n) is 1.42. The molecule has 0 spiro atoms. The summed E-state index contributed by atoms with van der Waals surface area (Å²) >= 11 is 5.69. The average molecular weight is 285 g/mol. The first-order valence-corrected chi connectivity index (χ1v) is 6.80. The summed E-state index contributed by atoms with van der Waals surface area (Å²) in [7, 11) is -3.72. The van der Waals surface area contributed by atoms with Crippen LogP contribution in [0.4, 0.5) is 0 Å². The summed E-state index contributed by atoms with van der Waals surface area (Å²) in [6.45, 7) is 0. The average Bonchev–Trinajstić information content (AvgIpc) is 2.33. The van der Waals surface area contributed by atoms with Gasteiger partial charge in [-0.25, -0.2) is 8.42 Å². The first-order chi connectivity index (χ1) is 8.41. The van der Waals surface area contributed by atoms with Crippen LogP contribution in [0.25, 0.3) is 0 Å². The Hall–Kier alpha value is -1.72. The second kappa shape index (κ2) is 4.51. The SMILES string of the molecule is O=S(=O)(c1ccc(Cl)cc1)c1ccc(O)c(O)c1. The minimum Gasteiger partial charge on any atom is -0.504 e. The van der Waals surface area contributed by atoms with Gasteiger partial charge in [0.15, 0.2) is 11.5 Å². The lowest BCUT2D eigenvalue weighted by Crippen LogP contribution is -2.01. The van der Waals surface area contributed by atoms with Gasteiger partial charge in [-0.3, -0.25) is 0 Å². The van der Waals surface area contributed by atoms with E-state index in [9.17, 15) is 13.5 Å². The first kappa shape index (κ1) is 12.7. The van der Waals surface area contributed by atoms with Crippen molar-refractivity contribution in [2.24, 2.45) is 0 Å². The zero-order valence-corrected chi connectivity index (χ0v) is 10.6. The van der Waals surface area contributed by atoms with E-state index in [2.05, 4.69) is 0 Å². The molecule has 4 nitrogen and oxygen atoms in total. The number of hydrogen-bond acceptors (Lipinski definition) is 4. The van der Waals surface area contributed by atoms with Gasteiger partial charge in [0, 0.05) is 11.1 Å². The van der Waals surface area contributed by atoms with Gasteiger partial charge in [0.1, 0.15) is 0 Å². The van der Waals surface area contributed by atoms with Gasteiger partial charge in [-0.05, 0) is 36.4 Å². The molecule has 0 bridgehead atoms. The van der Waals surface area contributed by atoms with Crippen LogP contribution in [0.15, 0.2) is 52.3 Å². The summed E-state index contributed by atoms with van der Waals surface area (Å²) in [6, 6.07) is 9.03. The Morgan fingerprint density at radius 2 is 1.39 bits per heavy atom. The summed E-state index contributed by atoms with van der Waals surface area (Å²) < 4.78 is 24.3. The van der Waals surface area contributed by atoms with Crippen LogP contribution >= 0.6 is 11.6 Å². The molecule has 2 aromatic rings. The number of phenols is 2. The topological polar surface area (TPSA) is 74.6 Å². The minimum atomic E-state index is -3.72. The highest BCUT2D eigenvalue weighted by molar-refractivity contribution is 7.91. The molecule has 0 aliphatic heterocycles. The highest BCUT2D eigenvalue weighted by Crippen LogP contribution is 2.30. The van der Waals surface area contributed by atoms with Crippen molar-refractivity contribution in [3.63, 3.8) is 0 Å². The maximum Gasteiger partial charge on any atom is 0.206 e. The standard InChI is InChI=1S/C12H9ClO4S/c13-8-1-3-9(4-2-8)18(16,17)10-5-6-11(14)12(15)7-10/h1-7,14-15H. The molecular formula is C12H9ClO4S. The fraction of sp³-hybridized carbons (Fsp3) is 0.